The second-order valence-electron chi connectivity index (χ2n) is 5.95. The highest BCUT2D eigenvalue weighted by Crippen LogP contribution is 2.22. The van der Waals surface area contributed by atoms with Crippen LogP contribution in [-0.4, -0.2) is 42.3 Å². The summed E-state index contributed by atoms with van der Waals surface area (Å²) in [7, 11) is 0. The highest BCUT2D eigenvalue weighted by Gasteiger charge is 2.20. The number of aliphatic hydroxyl groups excluding tert-OH is 1. The fraction of sp³-hybridized carbons (Fsp3) is 0.625. The summed E-state index contributed by atoms with van der Waals surface area (Å²) >= 11 is 6.08. The Balaban J connectivity index is 1.79. The Morgan fingerprint density at radius 2 is 2.14 bits per heavy atom. The summed E-state index contributed by atoms with van der Waals surface area (Å²) in [6.45, 7) is 5.55. The van der Waals surface area contributed by atoms with Gasteiger partial charge in [-0.05, 0) is 44.0 Å². The van der Waals surface area contributed by atoms with Crippen molar-refractivity contribution in [3.63, 3.8) is 0 Å². The van der Waals surface area contributed by atoms with Gasteiger partial charge in [0.15, 0.2) is 0 Å². The maximum absolute atomic E-state index is 13.8. The molecule has 1 saturated heterocycles. The molecule has 1 aliphatic heterocycles. The van der Waals surface area contributed by atoms with Crippen LogP contribution in [-0.2, 0) is 6.54 Å². The van der Waals surface area contributed by atoms with Gasteiger partial charge in [0.1, 0.15) is 5.82 Å². The Kier molecular flexibility index (Phi) is 6.42. The van der Waals surface area contributed by atoms with Crippen molar-refractivity contribution in [1.29, 1.82) is 0 Å². The molecule has 0 aliphatic carbocycles. The van der Waals surface area contributed by atoms with Gasteiger partial charge in [-0.3, -0.25) is 4.90 Å². The lowest BCUT2D eigenvalue weighted by Gasteiger charge is -2.33. The average Bonchev–Trinajstić information content (AvgIpc) is 2.50. The minimum Gasteiger partial charge on any atom is -0.396 e. The predicted molar refractivity (Wildman–Crippen MR) is 84.0 cm³/mol. The van der Waals surface area contributed by atoms with E-state index in [1.54, 1.807) is 12.1 Å². The second kappa shape index (κ2) is 8.08. The van der Waals surface area contributed by atoms with Gasteiger partial charge in [0.05, 0.1) is 0 Å². The standard InChI is InChI=1S/C16H24ClFN2O/c1-12(11-21)9-19-13-5-7-20(8-6-13)10-14-15(17)3-2-4-16(14)18/h2-4,12-13,19,21H,5-11H2,1H3. The highest BCUT2D eigenvalue weighted by molar-refractivity contribution is 6.31. The number of benzene rings is 1. The molecule has 0 amide bonds. The zero-order valence-electron chi connectivity index (χ0n) is 12.5. The largest absolute Gasteiger partial charge is 0.396 e. The topological polar surface area (TPSA) is 35.5 Å². The molecule has 118 valence electrons. The number of nitrogens with one attached hydrogen (secondary N) is 1. The van der Waals surface area contributed by atoms with Crippen molar-refractivity contribution in [3.05, 3.63) is 34.6 Å². The molecule has 0 saturated carbocycles. The highest BCUT2D eigenvalue weighted by atomic mass is 35.5. The third-order valence-electron chi connectivity index (χ3n) is 4.10. The van der Waals surface area contributed by atoms with Crippen molar-refractivity contribution in [2.45, 2.75) is 32.4 Å². The van der Waals surface area contributed by atoms with Crippen molar-refractivity contribution < 1.29 is 9.50 Å². The van der Waals surface area contributed by atoms with Crippen LogP contribution in [0.2, 0.25) is 5.02 Å². The van der Waals surface area contributed by atoms with E-state index in [0.717, 1.165) is 32.5 Å². The molecule has 1 unspecified atom stereocenters. The fourth-order valence-corrected chi connectivity index (χ4v) is 2.86. The normalized spacial score (nSPS) is 18.9. The quantitative estimate of drug-likeness (QED) is 0.847. The van der Waals surface area contributed by atoms with Gasteiger partial charge in [0.25, 0.3) is 0 Å². The number of nitrogens with zero attached hydrogens (tertiary/aromatic N) is 1. The zero-order valence-corrected chi connectivity index (χ0v) is 13.2. The van der Waals surface area contributed by atoms with Gasteiger partial charge in [-0.2, -0.15) is 0 Å². The number of rotatable bonds is 6. The van der Waals surface area contributed by atoms with E-state index in [2.05, 4.69) is 10.2 Å². The molecule has 1 aromatic carbocycles. The summed E-state index contributed by atoms with van der Waals surface area (Å²) in [5.41, 5.74) is 0.597. The van der Waals surface area contributed by atoms with Crippen LogP contribution in [0.3, 0.4) is 0 Å². The molecule has 1 aromatic rings. The van der Waals surface area contributed by atoms with Gasteiger partial charge < -0.3 is 10.4 Å². The molecule has 5 heteroatoms. The molecule has 1 heterocycles. The number of hydrogen-bond donors (Lipinski definition) is 2. The van der Waals surface area contributed by atoms with E-state index in [-0.39, 0.29) is 12.4 Å². The van der Waals surface area contributed by atoms with E-state index in [1.165, 1.54) is 6.07 Å². The minimum absolute atomic E-state index is 0.220. The molecule has 0 spiro atoms. The zero-order chi connectivity index (χ0) is 15.2. The Bertz CT molecular complexity index is 430. The second-order valence-corrected chi connectivity index (χ2v) is 6.35. The molecule has 0 bridgehead atoms. The summed E-state index contributed by atoms with van der Waals surface area (Å²) in [4.78, 5) is 2.25. The van der Waals surface area contributed by atoms with Crippen LogP contribution in [0, 0.1) is 11.7 Å². The molecule has 1 aliphatic rings. The molecule has 2 rings (SSSR count). The van der Waals surface area contributed by atoms with Crippen molar-refractivity contribution >= 4 is 11.6 Å². The van der Waals surface area contributed by atoms with Crippen molar-refractivity contribution in [1.82, 2.24) is 10.2 Å². The number of piperidine rings is 1. The van der Waals surface area contributed by atoms with Crippen LogP contribution in [0.5, 0.6) is 0 Å². The molecule has 21 heavy (non-hydrogen) atoms. The van der Waals surface area contributed by atoms with Gasteiger partial charge in [-0.25, -0.2) is 4.39 Å². The number of likely N-dealkylation sites (tertiary alicyclic amines) is 1. The van der Waals surface area contributed by atoms with E-state index >= 15 is 0 Å². The van der Waals surface area contributed by atoms with Gasteiger partial charge in [-0.1, -0.05) is 24.6 Å². The molecule has 3 nitrogen and oxygen atoms in total. The number of hydrogen-bond acceptors (Lipinski definition) is 3. The smallest absolute Gasteiger partial charge is 0.129 e. The fourth-order valence-electron chi connectivity index (χ4n) is 2.63. The van der Waals surface area contributed by atoms with E-state index in [1.807, 2.05) is 6.92 Å². The van der Waals surface area contributed by atoms with Crippen LogP contribution in [0.25, 0.3) is 0 Å². The van der Waals surface area contributed by atoms with Crippen LogP contribution in [0.4, 0.5) is 4.39 Å². The lowest BCUT2D eigenvalue weighted by molar-refractivity contribution is 0.178. The van der Waals surface area contributed by atoms with Crippen LogP contribution >= 0.6 is 11.6 Å². The Morgan fingerprint density at radius 3 is 2.76 bits per heavy atom. The van der Waals surface area contributed by atoms with Gasteiger partial charge in [0.2, 0.25) is 0 Å². The van der Waals surface area contributed by atoms with E-state index in [4.69, 9.17) is 16.7 Å². The Labute approximate surface area is 131 Å². The van der Waals surface area contributed by atoms with E-state index in [9.17, 15) is 4.39 Å². The van der Waals surface area contributed by atoms with Gasteiger partial charge in [0, 0.05) is 36.3 Å². The third-order valence-corrected chi connectivity index (χ3v) is 4.45. The Hall–Kier alpha value is -0.680. The molecular weight excluding hydrogens is 291 g/mol. The first-order valence-electron chi connectivity index (χ1n) is 7.59. The van der Waals surface area contributed by atoms with Crippen molar-refractivity contribution in [2.75, 3.05) is 26.2 Å². The summed E-state index contributed by atoms with van der Waals surface area (Å²) in [5, 5.41) is 13.0. The molecule has 1 atom stereocenters. The van der Waals surface area contributed by atoms with Crippen molar-refractivity contribution in [2.24, 2.45) is 5.92 Å². The first-order chi connectivity index (χ1) is 10.1. The molecule has 0 radical (unpaired) electrons. The third kappa shape index (κ3) is 4.92. The summed E-state index contributed by atoms with van der Waals surface area (Å²) in [5.74, 6) is 0.0692. The van der Waals surface area contributed by atoms with Crippen molar-refractivity contribution in [3.8, 4) is 0 Å². The van der Waals surface area contributed by atoms with Crippen LogP contribution < -0.4 is 5.32 Å². The van der Waals surface area contributed by atoms with E-state index in [0.29, 0.717) is 29.1 Å². The summed E-state index contributed by atoms with van der Waals surface area (Å²) < 4.78 is 13.8. The van der Waals surface area contributed by atoms with Gasteiger partial charge >= 0.3 is 0 Å². The average molecular weight is 315 g/mol. The van der Waals surface area contributed by atoms with E-state index < -0.39 is 0 Å². The Morgan fingerprint density at radius 1 is 1.43 bits per heavy atom. The van der Waals surface area contributed by atoms with Crippen LogP contribution in [0.15, 0.2) is 18.2 Å². The molecule has 0 aromatic heterocycles. The minimum atomic E-state index is -0.223. The molecule has 1 fully saturated rings. The monoisotopic (exact) mass is 314 g/mol. The predicted octanol–water partition coefficient (Wildman–Crippen LogP) is 2.66. The molecule has 2 N–H and O–H groups in total. The maximum Gasteiger partial charge on any atom is 0.129 e. The van der Waals surface area contributed by atoms with Crippen LogP contribution in [0.1, 0.15) is 25.3 Å². The SMILES string of the molecule is CC(CO)CNC1CCN(Cc2c(F)cccc2Cl)CC1. The molecular formula is C16H24ClFN2O. The number of halogens is 2. The maximum atomic E-state index is 13.8. The first kappa shape index (κ1) is 16.7. The summed E-state index contributed by atoms with van der Waals surface area (Å²) in [6.07, 6.45) is 2.09. The number of aliphatic hydroxyl groups is 1. The first-order valence-corrected chi connectivity index (χ1v) is 7.97. The van der Waals surface area contributed by atoms with Gasteiger partial charge in [-0.15, -0.1) is 0 Å². The lowest BCUT2D eigenvalue weighted by Crippen LogP contribution is -2.43. The summed E-state index contributed by atoms with van der Waals surface area (Å²) in [6, 6.07) is 5.34. The lowest BCUT2D eigenvalue weighted by atomic mass is 10.0.